The normalized spacial score (nSPS) is 12.1. The van der Waals surface area contributed by atoms with Crippen LogP contribution in [0.25, 0.3) is 0 Å². The first kappa shape index (κ1) is 11.2. The number of carbonyl (C=O) groups is 2. The zero-order valence-electron chi connectivity index (χ0n) is 7.07. The summed E-state index contributed by atoms with van der Waals surface area (Å²) in [6.07, 6.45) is 0.400. The molecule has 0 spiro atoms. The number of halogens is 1. The van der Waals surface area contributed by atoms with Crippen molar-refractivity contribution in [3.05, 3.63) is 20.8 Å². The molecular formula is C8H8BrNO3S. The first-order valence-electron chi connectivity index (χ1n) is 3.79. The molecule has 0 bridgehead atoms. The number of rotatable bonds is 5. The first-order chi connectivity index (χ1) is 6.65. The molecule has 1 rings (SSSR count). The summed E-state index contributed by atoms with van der Waals surface area (Å²) in [4.78, 5) is 21.6. The van der Waals surface area contributed by atoms with Crippen LogP contribution in [0.15, 0.2) is 15.9 Å². The standard InChI is InChI=1S/C8H8BrNO3S/c9-5-1-2-14-8(5)6(10-4-11)3-7(12)13/h1-2,4,6H,3H2,(H,10,11)(H,12,13)/t6-/m0/s1. The van der Waals surface area contributed by atoms with E-state index in [0.29, 0.717) is 6.41 Å². The molecule has 76 valence electrons. The van der Waals surface area contributed by atoms with Gasteiger partial charge in [0.1, 0.15) is 0 Å². The predicted octanol–water partition coefficient (Wildman–Crippen LogP) is 1.77. The van der Waals surface area contributed by atoms with E-state index in [4.69, 9.17) is 5.11 Å². The van der Waals surface area contributed by atoms with Gasteiger partial charge >= 0.3 is 5.97 Å². The molecule has 0 aliphatic heterocycles. The molecule has 0 saturated heterocycles. The van der Waals surface area contributed by atoms with Gasteiger partial charge in [0.25, 0.3) is 0 Å². The number of carbonyl (C=O) groups excluding carboxylic acids is 1. The highest BCUT2D eigenvalue weighted by Gasteiger charge is 2.18. The highest BCUT2D eigenvalue weighted by atomic mass is 79.9. The summed E-state index contributed by atoms with van der Waals surface area (Å²) in [5.41, 5.74) is 0. The lowest BCUT2D eigenvalue weighted by molar-refractivity contribution is -0.137. The van der Waals surface area contributed by atoms with Crippen molar-refractivity contribution in [3.63, 3.8) is 0 Å². The van der Waals surface area contributed by atoms with E-state index in [1.807, 2.05) is 11.4 Å². The van der Waals surface area contributed by atoms with Crippen LogP contribution in [0.2, 0.25) is 0 Å². The lowest BCUT2D eigenvalue weighted by Gasteiger charge is -2.12. The average Bonchev–Trinajstić information content (AvgIpc) is 2.50. The number of aliphatic carboxylic acids is 1. The summed E-state index contributed by atoms with van der Waals surface area (Å²) in [5, 5.41) is 12.9. The molecule has 0 fully saturated rings. The third-order valence-corrected chi connectivity index (χ3v) is 3.59. The Kier molecular flexibility index (Phi) is 4.09. The number of carboxylic acid groups (broad SMARTS) is 1. The van der Waals surface area contributed by atoms with Crippen molar-refractivity contribution in [1.29, 1.82) is 0 Å². The van der Waals surface area contributed by atoms with E-state index in [2.05, 4.69) is 21.2 Å². The van der Waals surface area contributed by atoms with Gasteiger partial charge in [0, 0.05) is 9.35 Å². The molecule has 0 aliphatic rings. The molecule has 1 atom stereocenters. The van der Waals surface area contributed by atoms with Gasteiger partial charge in [0.05, 0.1) is 12.5 Å². The van der Waals surface area contributed by atoms with Crippen molar-refractivity contribution in [3.8, 4) is 0 Å². The minimum absolute atomic E-state index is 0.113. The molecule has 2 N–H and O–H groups in total. The molecule has 0 aromatic carbocycles. The molecule has 4 nitrogen and oxygen atoms in total. The molecule has 1 amide bonds. The molecule has 6 heteroatoms. The number of hydrogen-bond donors (Lipinski definition) is 2. The molecule has 0 radical (unpaired) electrons. The van der Waals surface area contributed by atoms with Crippen LogP contribution < -0.4 is 5.32 Å². The van der Waals surface area contributed by atoms with Crippen LogP contribution in [0.3, 0.4) is 0 Å². The fourth-order valence-electron chi connectivity index (χ4n) is 1.04. The van der Waals surface area contributed by atoms with Crippen molar-refractivity contribution in [2.75, 3.05) is 0 Å². The summed E-state index contributed by atoms with van der Waals surface area (Å²) in [6, 6.07) is 1.36. The maximum atomic E-state index is 10.5. The van der Waals surface area contributed by atoms with Crippen molar-refractivity contribution in [2.24, 2.45) is 0 Å². The molecule has 1 aromatic heterocycles. The zero-order chi connectivity index (χ0) is 10.6. The van der Waals surface area contributed by atoms with Crippen molar-refractivity contribution in [1.82, 2.24) is 5.32 Å². The summed E-state index contributed by atoms with van der Waals surface area (Å²) in [6.45, 7) is 0. The summed E-state index contributed by atoms with van der Waals surface area (Å²) < 4.78 is 0.822. The minimum atomic E-state index is -0.940. The van der Waals surface area contributed by atoms with Gasteiger partial charge in [-0.15, -0.1) is 11.3 Å². The fraction of sp³-hybridized carbons (Fsp3) is 0.250. The van der Waals surface area contributed by atoms with E-state index >= 15 is 0 Å². The predicted molar refractivity (Wildman–Crippen MR) is 56.2 cm³/mol. The molecular weight excluding hydrogens is 270 g/mol. The summed E-state index contributed by atoms with van der Waals surface area (Å²) >= 11 is 4.70. The Morgan fingerprint density at radius 1 is 1.79 bits per heavy atom. The number of hydrogen-bond acceptors (Lipinski definition) is 3. The number of amides is 1. The minimum Gasteiger partial charge on any atom is -0.481 e. The Labute approximate surface area is 93.1 Å². The zero-order valence-corrected chi connectivity index (χ0v) is 9.47. The lowest BCUT2D eigenvalue weighted by atomic mass is 10.2. The topological polar surface area (TPSA) is 66.4 Å². The van der Waals surface area contributed by atoms with Crippen molar-refractivity contribution in [2.45, 2.75) is 12.5 Å². The molecule has 14 heavy (non-hydrogen) atoms. The van der Waals surface area contributed by atoms with Crippen LogP contribution in [0.4, 0.5) is 0 Å². The summed E-state index contributed by atoms with van der Waals surface area (Å²) in [5.74, 6) is -0.940. The van der Waals surface area contributed by atoms with E-state index in [1.165, 1.54) is 11.3 Å². The quantitative estimate of drug-likeness (QED) is 0.807. The molecule has 1 aromatic rings. The van der Waals surface area contributed by atoms with Crippen molar-refractivity contribution >= 4 is 39.6 Å². The second kappa shape index (κ2) is 5.11. The third kappa shape index (κ3) is 2.81. The van der Waals surface area contributed by atoms with Gasteiger partial charge in [-0.2, -0.15) is 0 Å². The van der Waals surface area contributed by atoms with Gasteiger partial charge in [-0.25, -0.2) is 0 Å². The van der Waals surface area contributed by atoms with Gasteiger partial charge in [-0.05, 0) is 27.4 Å². The maximum Gasteiger partial charge on any atom is 0.305 e. The van der Waals surface area contributed by atoms with Gasteiger partial charge < -0.3 is 10.4 Å². The lowest BCUT2D eigenvalue weighted by Crippen LogP contribution is -2.21. The van der Waals surface area contributed by atoms with Crippen molar-refractivity contribution < 1.29 is 14.7 Å². The van der Waals surface area contributed by atoms with Gasteiger partial charge in [-0.3, -0.25) is 9.59 Å². The second-order valence-electron chi connectivity index (χ2n) is 2.57. The number of carboxylic acids is 1. The largest absolute Gasteiger partial charge is 0.481 e. The van der Waals surface area contributed by atoms with Gasteiger partial charge in [-0.1, -0.05) is 0 Å². The van der Waals surface area contributed by atoms with Crippen LogP contribution >= 0.6 is 27.3 Å². The Morgan fingerprint density at radius 3 is 2.93 bits per heavy atom. The maximum absolute atomic E-state index is 10.5. The SMILES string of the molecule is O=CN[C@@H](CC(=O)O)c1sccc1Br. The van der Waals surface area contributed by atoms with Crippen LogP contribution in [-0.2, 0) is 9.59 Å². The van der Waals surface area contributed by atoms with E-state index in [9.17, 15) is 9.59 Å². The number of nitrogens with one attached hydrogen (secondary N) is 1. The highest BCUT2D eigenvalue weighted by molar-refractivity contribution is 9.10. The fourth-order valence-corrected chi connectivity index (χ4v) is 2.75. The average molecular weight is 278 g/mol. The van der Waals surface area contributed by atoms with Gasteiger partial charge in [0.2, 0.25) is 6.41 Å². The summed E-state index contributed by atoms with van der Waals surface area (Å²) in [7, 11) is 0. The molecule has 1 heterocycles. The molecule has 0 saturated carbocycles. The Bertz CT molecular complexity index is 339. The van der Waals surface area contributed by atoms with Crippen LogP contribution in [0.5, 0.6) is 0 Å². The highest BCUT2D eigenvalue weighted by Crippen LogP contribution is 2.30. The smallest absolute Gasteiger partial charge is 0.305 e. The van der Waals surface area contributed by atoms with E-state index in [1.54, 1.807) is 0 Å². The second-order valence-corrected chi connectivity index (χ2v) is 4.37. The van der Waals surface area contributed by atoms with Crippen LogP contribution in [-0.4, -0.2) is 17.5 Å². The van der Waals surface area contributed by atoms with E-state index in [-0.39, 0.29) is 6.42 Å². The first-order valence-corrected chi connectivity index (χ1v) is 5.46. The Hall–Kier alpha value is -0.880. The van der Waals surface area contributed by atoms with E-state index < -0.39 is 12.0 Å². The van der Waals surface area contributed by atoms with Crippen LogP contribution in [0.1, 0.15) is 17.3 Å². The monoisotopic (exact) mass is 277 g/mol. The third-order valence-electron chi connectivity index (χ3n) is 1.61. The molecule has 0 unspecified atom stereocenters. The Morgan fingerprint density at radius 2 is 2.50 bits per heavy atom. The Balaban J connectivity index is 2.82. The van der Waals surface area contributed by atoms with Gasteiger partial charge in [0.15, 0.2) is 0 Å². The molecule has 0 aliphatic carbocycles. The number of thiophene rings is 1. The van der Waals surface area contributed by atoms with E-state index in [0.717, 1.165) is 9.35 Å². The van der Waals surface area contributed by atoms with Crippen LogP contribution in [0, 0.1) is 0 Å².